The zero-order valence-corrected chi connectivity index (χ0v) is 18.6. The molecule has 2 amide bonds. The number of hydrogen-bond donors (Lipinski definition) is 1. The van der Waals surface area contributed by atoms with Crippen LogP contribution in [0.25, 0.3) is 0 Å². The number of ether oxygens (including phenoxy) is 1. The third-order valence-corrected chi connectivity index (χ3v) is 6.14. The van der Waals surface area contributed by atoms with Crippen molar-refractivity contribution in [3.63, 3.8) is 0 Å². The van der Waals surface area contributed by atoms with E-state index in [0.29, 0.717) is 30.2 Å². The quantitative estimate of drug-likeness (QED) is 0.609. The summed E-state index contributed by atoms with van der Waals surface area (Å²) in [4.78, 5) is 37.5. The lowest BCUT2D eigenvalue weighted by Gasteiger charge is -2.14. The number of anilines is 1. The molecule has 2 aromatic rings. The van der Waals surface area contributed by atoms with Crippen LogP contribution in [0.15, 0.2) is 24.3 Å². The van der Waals surface area contributed by atoms with E-state index < -0.39 is 18.5 Å². The van der Waals surface area contributed by atoms with Crippen LogP contribution < -0.4 is 5.32 Å². The molecule has 0 radical (unpaired) electrons. The van der Waals surface area contributed by atoms with Crippen molar-refractivity contribution in [3.8, 4) is 6.07 Å². The minimum atomic E-state index is -0.584. The summed E-state index contributed by atoms with van der Waals surface area (Å²) in [5.74, 6) is -0.518. The molecule has 1 aliphatic rings. The van der Waals surface area contributed by atoms with Crippen molar-refractivity contribution < 1.29 is 23.5 Å². The van der Waals surface area contributed by atoms with Gasteiger partial charge in [0.15, 0.2) is 6.61 Å². The molecule has 1 N–H and O–H groups in total. The van der Waals surface area contributed by atoms with Gasteiger partial charge in [0.05, 0.1) is 12.0 Å². The molecule has 0 bridgehead atoms. The van der Waals surface area contributed by atoms with Gasteiger partial charge in [0.1, 0.15) is 17.7 Å². The van der Waals surface area contributed by atoms with Crippen LogP contribution in [-0.4, -0.2) is 52.0 Å². The average Bonchev–Trinajstić information content (AvgIpc) is 3.28. The molecular weight excluding hydrogens is 435 g/mol. The maximum atomic E-state index is 13.2. The number of carbonyl (C=O) groups is 3. The Bertz CT molecular complexity index is 1080. The van der Waals surface area contributed by atoms with Crippen molar-refractivity contribution in [2.24, 2.45) is 0 Å². The Morgan fingerprint density at radius 1 is 1.28 bits per heavy atom. The molecule has 0 aliphatic carbocycles. The van der Waals surface area contributed by atoms with Gasteiger partial charge in [-0.15, -0.1) is 0 Å². The van der Waals surface area contributed by atoms with Gasteiger partial charge in [-0.25, -0.2) is 4.39 Å². The molecule has 8 nitrogen and oxygen atoms in total. The van der Waals surface area contributed by atoms with E-state index in [1.165, 1.54) is 23.9 Å². The van der Waals surface area contributed by atoms with Crippen molar-refractivity contribution >= 4 is 34.7 Å². The molecule has 168 valence electrons. The first-order chi connectivity index (χ1) is 15.3. The molecule has 1 saturated heterocycles. The van der Waals surface area contributed by atoms with Gasteiger partial charge in [0.25, 0.3) is 11.1 Å². The van der Waals surface area contributed by atoms with Crippen LogP contribution in [-0.2, 0) is 20.9 Å². The van der Waals surface area contributed by atoms with Crippen molar-refractivity contribution in [2.75, 3.05) is 30.8 Å². The first-order valence-corrected chi connectivity index (χ1v) is 11.0. The molecule has 10 heteroatoms. The monoisotopic (exact) mass is 458 g/mol. The predicted octanol–water partition coefficient (Wildman–Crippen LogP) is 3.20. The fourth-order valence-corrected chi connectivity index (χ4v) is 4.19. The van der Waals surface area contributed by atoms with Gasteiger partial charge in [0.2, 0.25) is 0 Å². The highest BCUT2D eigenvalue weighted by atomic mass is 32.2. The number of esters is 1. The van der Waals surface area contributed by atoms with E-state index in [0.717, 1.165) is 16.8 Å². The summed E-state index contributed by atoms with van der Waals surface area (Å²) in [5.41, 5.74) is 2.61. The zero-order chi connectivity index (χ0) is 23.3. The van der Waals surface area contributed by atoms with Crippen molar-refractivity contribution in [3.05, 3.63) is 52.5 Å². The molecular formula is C22H23FN4O4S. The third-order valence-electron chi connectivity index (χ3n) is 5.25. The highest BCUT2D eigenvalue weighted by Crippen LogP contribution is 2.27. The molecule has 1 aliphatic heterocycles. The van der Waals surface area contributed by atoms with Gasteiger partial charge in [-0.05, 0) is 37.1 Å². The number of rotatable bonds is 8. The normalized spacial score (nSPS) is 13.2. The molecule has 0 saturated carbocycles. The number of halogens is 1. The minimum Gasteiger partial charge on any atom is -0.456 e. The third kappa shape index (κ3) is 5.48. The fourth-order valence-electron chi connectivity index (χ4n) is 3.34. The topological polar surface area (TPSA) is 104 Å². The average molecular weight is 459 g/mol. The minimum absolute atomic E-state index is 0.00217. The summed E-state index contributed by atoms with van der Waals surface area (Å²) in [7, 11) is 0. The van der Waals surface area contributed by atoms with E-state index in [9.17, 15) is 24.0 Å². The van der Waals surface area contributed by atoms with Gasteiger partial charge in [-0.2, -0.15) is 5.26 Å². The maximum absolute atomic E-state index is 13.2. The van der Waals surface area contributed by atoms with Crippen LogP contribution in [0.3, 0.4) is 0 Å². The highest BCUT2D eigenvalue weighted by Gasteiger charge is 2.23. The van der Waals surface area contributed by atoms with Gasteiger partial charge < -0.3 is 19.5 Å². The second kappa shape index (κ2) is 10.3. The van der Waals surface area contributed by atoms with E-state index in [1.807, 2.05) is 6.92 Å². The number of nitriles is 1. The molecule has 1 aromatic carbocycles. The van der Waals surface area contributed by atoms with Crippen molar-refractivity contribution in [1.82, 2.24) is 9.47 Å². The van der Waals surface area contributed by atoms with Crippen LogP contribution in [0.2, 0.25) is 0 Å². The van der Waals surface area contributed by atoms with Crippen molar-refractivity contribution in [1.29, 1.82) is 5.26 Å². The van der Waals surface area contributed by atoms with Crippen LogP contribution in [0.5, 0.6) is 0 Å². The first kappa shape index (κ1) is 23.3. The van der Waals surface area contributed by atoms with Crippen LogP contribution >= 0.6 is 11.8 Å². The second-order valence-corrected chi connectivity index (χ2v) is 8.36. The molecule has 0 unspecified atom stereocenters. The number of carbonyl (C=O) groups excluding carboxylic acids is 3. The smallest absolute Gasteiger partial charge is 0.308 e. The molecule has 0 spiro atoms. The highest BCUT2D eigenvalue weighted by molar-refractivity contribution is 8.13. The largest absolute Gasteiger partial charge is 0.456 e. The Hall–Kier alpha value is -3.32. The maximum Gasteiger partial charge on any atom is 0.308 e. The summed E-state index contributed by atoms with van der Waals surface area (Å²) in [6.45, 7) is 4.27. The van der Waals surface area contributed by atoms with Gasteiger partial charge >= 0.3 is 5.97 Å². The van der Waals surface area contributed by atoms with Crippen LogP contribution in [0, 0.1) is 31.0 Å². The molecule has 32 heavy (non-hydrogen) atoms. The number of thioether (sulfide) groups is 1. The summed E-state index contributed by atoms with van der Waals surface area (Å²) >= 11 is 1.21. The predicted molar refractivity (Wildman–Crippen MR) is 118 cm³/mol. The number of aromatic nitrogens is 1. The van der Waals surface area contributed by atoms with Gasteiger partial charge in [-0.1, -0.05) is 23.9 Å². The van der Waals surface area contributed by atoms with E-state index in [-0.39, 0.29) is 24.0 Å². The lowest BCUT2D eigenvalue weighted by molar-refractivity contribution is -0.147. The van der Waals surface area contributed by atoms with Gasteiger partial charge in [0, 0.05) is 31.1 Å². The van der Waals surface area contributed by atoms with Crippen LogP contribution in [0.4, 0.5) is 15.0 Å². The number of amides is 2. The fraction of sp³-hybridized carbons (Fsp3) is 0.364. The molecule has 3 rings (SSSR count). The Morgan fingerprint density at radius 2 is 2.00 bits per heavy atom. The van der Waals surface area contributed by atoms with E-state index in [2.05, 4.69) is 11.4 Å². The first-order valence-electron chi connectivity index (χ1n) is 10.0. The molecule has 2 heterocycles. The summed E-state index contributed by atoms with van der Waals surface area (Å²) in [6.07, 6.45) is 0.00217. The number of nitrogens with one attached hydrogen (secondary N) is 1. The number of hydrogen-bond acceptors (Lipinski definition) is 6. The number of nitrogens with zero attached hydrogens (tertiary/aromatic N) is 3. The summed E-state index contributed by atoms with van der Waals surface area (Å²) < 4.78 is 20.0. The Balaban J connectivity index is 1.63. The summed E-state index contributed by atoms with van der Waals surface area (Å²) in [6, 6.07) is 8.06. The lowest BCUT2D eigenvalue weighted by atomic mass is 10.2. The molecule has 1 fully saturated rings. The van der Waals surface area contributed by atoms with Crippen LogP contribution in [0.1, 0.15) is 28.8 Å². The number of benzene rings is 1. The Labute approximate surface area is 189 Å². The molecule has 0 atom stereocenters. The summed E-state index contributed by atoms with van der Waals surface area (Å²) in [5, 5.41) is 12.2. The van der Waals surface area contributed by atoms with E-state index >= 15 is 0 Å². The second-order valence-electron chi connectivity index (χ2n) is 7.32. The zero-order valence-electron chi connectivity index (χ0n) is 17.8. The van der Waals surface area contributed by atoms with E-state index in [1.54, 1.807) is 28.5 Å². The van der Waals surface area contributed by atoms with Crippen molar-refractivity contribution in [2.45, 2.75) is 26.8 Å². The van der Waals surface area contributed by atoms with E-state index in [4.69, 9.17) is 4.74 Å². The lowest BCUT2D eigenvalue weighted by Crippen LogP contribution is -2.28. The SMILES string of the molecule is Cc1c(C#N)c(NC(=O)COC(=O)CCN2CCSC2=O)n(Cc2ccc(F)cc2)c1C. The van der Waals surface area contributed by atoms with Gasteiger partial charge in [-0.3, -0.25) is 14.4 Å². The standard InChI is InChI=1S/C22H23FN4O4S/c1-14-15(2)27(12-16-3-5-17(23)6-4-16)21(18(14)11-24)25-19(28)13-31-20(29)7-8-26-9-10-32-22(26)30/h3-6H,7-10,12-13H2,1-2H3,(H,25,28). The Kier molecular flexibility index (Phi) is 7.53. The molecule has 1 aromatic heterocycles. The Morgan fingerprint density at radius 3 is 2.62 bits per heavy atom.